The van der Waals surface area contributed by atoms with Crippen molar-refractivity contribution in [2.75, 3.05) is 24.8 Å². The molecule has 0 aliphatic rings. The number of aromatic nitrogens is 6. The van der Waals surface area contributed by atoms with E-state index in [1.54, 1.807) is 25.1 Å². The number of nitrogens with zero attached hydrogens (tertiary/aromatic N) is 6. The predicted octanol–water partition coefficient (Wildman–Crippen LogP) is 2.57. The van der Waals surface area contributed by atoms with Gasteiger partial charge in [0, 0.05) is 18.9 Å². The summed E-state index contributed by atoms with van der Waals surface area (Å²) >= 11 is 0. The fourth-order valence-corrected chi connectivity index (χ4v) is 2.36. The minimum atomic E-state index is -4.55. The molecule has 12 heteroatoms. The summed E-state index contributed by atoms with van der Waals surface area (Å²) in [5.74, 6) is 0.718. The van der Waals surface area contributed by atoms with Crippen LogP contribution in [0.3, 0.4) is 0 Å². The van der Waals surface area contributed by atoms with Gasteiger partial charge in [0.25, 0.3) is 0 Å². The van der Waals surface area contributed by atoms with E-state index in [-0.39, 0.29) is 11.8 Å². The van der Waals surface area contributed by atoms with Crippen molar-refractivity contribution >= 4 is 17.5 Å². The van der Waals surface area contributed by atoms with Crippen LogP contribution in [0.2, 0.25) is 0 Å². The average molecular weight is 380 g/mol. The molecule has 0 spiro atoms. The second-order valence-corrected chi connectivity index (χ2v) is 5.35. The normalized spacial score (nSPS) is 11.3. The molecule has 0 saturated heterocycles. The zero-order chi connectivity index (χ0) is 19.6. The Hall–Kier alpha value is -3.44. The van der Waals surface area contributed by atoms with Gasteiger partial charge in [-0.2, -0.15) is 22.8 Å². The van der Waals surface area contributed by atoms with Crippen molar-refractivity contribution in [2.45, 2.75) is 13.1 Å². The Kier molecular flexibility index (Phi) is 4.79. The lowest BCUT2D eigenvalue weighted by molar-refractivity contribution is -0.137. The van der Waals surface area contributed by atoms with Gasteiger partial charge in [-0.15, -0.1) is 5.10 Å². The van der Waals surface area contributed by atoms with Crippen LogP contribution in [0.5, 0.6) is 5.75 Å². The number of benzene rings is 1. The summed E-state index contributed by atoms with van der Waals surface area (Å²) in [5.41, 5.74) is 0.114. The summed E-state index contributed by atoms with van der Waals surface area (Å²) in [4.78, 5) is 7.61. The quantitative estimate of drug-likeness (QED) is 0.696. The van der Waals surface area contributed by atoms with E-state index in [0.717, 1.165) is 6.20 Å². The number of tetrazole rings is 1. The minimum Gasteiger partial charge on any atom is -0.494 e. The summed E-state index contributed by atoms with van der Waals surface area (Å²) in [6, 6.07) is 5.01. The van der Waals surface area contributed by atoms with Crippen LogP contribution < -0.4 is 15.4 Å². The second-order valence-electron chi connectivity index (χ2n) is 5.35. The van der Waals surface area contributed by atoms with Crippen LogP contribution in [0.1, 0.15) is 11.4 Å². The highest BCUT2D eigenvalue weighted by molar-refractivity contribution is 5.63. The Labute approximate surface area is 151 Å². The highest BCUT2D eigenvalue weighted by Gasteiger charge is 2.35. The summed E-state index contributed by atoms with van der Waals surface area (Å²) in [7, 11) is 2.86. The fraction of sp³-hybridized carbons (Fsp3) is 0.267. The molecule has 2 aromatic heterocycles. The van der Waals surface area contributed by atoms with E-state index >= 15 is 0 Å². The summed E-state index contributed by atoms with van der Waals surface area (Å²) in [6.07, 6.45) is -3.83. The van der Waals surface area contributed by atoms with Crippen LogP contribution in [0.4, 0.5) is 30.6 Å². The van der Waals surface area contributed by atoms with E-state index in [1.807, 2.05) is 0 Å². The molecule has 0 unspecified atom stereocenters. The van der Waals surface area contributed by atoms with Gasteiger partial charge in [0.15, 0.2) is 5.82 Å². The van der Waals surface area contributed by atoms with Crippen LogP contribution >= 0.6 is 0 Å². The third kappa shape index (κ3) is 3.73. The van der Waals surface area contributed by atoms with Crippen LogP contribution in [0.15, 0.2) is 24.4 Å². The number of aryl methyl sites for hydroxylation is 1. The van der Waals surface area contributed by atoms with Gasteiger partial charge in [-0.05, 0) is 35.5 Å². The van der Waals surface area contributed by atoms with Gasteiger partial charge in [-0.3, -0.25) is 0 Å². The topological polar surface area (TPSA) is 103 Å². The molecular formula is C15H15F3N8O. The Balaban J connectivity index is 1.96. The number of rotatable bonds is 5. The molecule has 2 N–H and O–H groups in total. The zero-order valence-electron chi connectivity index (χ0n) is 14.5. The highest BCUT2D eigenvalue weighted by atomic mass is 19.4. The first-order chi connectivity index (χ1) is 12.8. The Morgan fingerprint density at radius 1 is 1.22 bits per heavy atom. The molecule has 9 nitrogen and oxygen atoms in total. The molecule has 0 radical (unpaired) electrons. The van der Waals surface area contributed by atoms with Crippen LogP contribution in [-0.2, 0) is 6.18 Å². The molecule has 0 bridgehead atoms. The monoisotopic (exact) mass is 380 g/mol. The summed E-state index contributed by atoms with van der Waals surface area (Å²) in [6.45, 7) is 1.72. The van der Waals surface area contributed by atoms with Crippen LogP contribution in [-0.4, -0.2) is 44.3 Å². The zero-order valence-corrected chi connectivity index (χ0v) is 14.5. The van der Waals surface area contributed by atoms with Gasteiger partial charge >= 0.3 is 6.18 Å². The maximum absolute atomic E-state index is 12.9. The third-order valence-corrected chi connectivity index (χ3v) is 3.62. The second kappa shape index (κ2) is 7.05. The first-order valence-electron chi connectivity index (χ1n) is 7.66. The maximum atomic E-state index is 12.9. The molecule has 0 aliphatic carbocycles. The van der Waals surface area contributed by atoms with Crippen LogP contribution in [0.25, 0.3) is 5.69 Å². The molecule has 0 aliphatic heterocycles. The highest BCUT2D eigenvalue weighted by Crippen LogP contribution is 2.34. The molecule has 3 aromatic rings. The van der Waals surface area contributed by atoms with Crippen molar-refractivity contribution in [3.8, 4) is 11.4 Å². The van der Waals surface area contributed by atoms with E-state index in [9.17, 15) is 13.2 Å². The molecule has 0 saturated carbocycles. The Bertz CT molecular complexity index is 956. The van der Waals surface area contributed by atoms with E-state index in [4.69, 9.17) is 4.74 Å². The molecule has 27 heavy (non-hydrogen) atoms. The number of methoxy groups -OCH3 is 1. The number of hydrogen-bond acceptors (Lipinski definition) is 8. The summed E-state index contributed by atoms with van der Waals surface area (Å²) < 4.78 is 45.6. The van der Waals surface area contributed by atoms with Gasteiger partial charge < -0.3 is 15.4 Å². The Morgan fingerprint density at radius 2 is 2.00 bits per heavy atom. The maximum Gasteiger partial charge on any atom is 0.421 e. The number of hydrogen-bond donors (Lipinski definition) is 2. The number of alkyl halides is 3. The molecule has 0 atom stereocenters. The van der Waals surface area contributed by atoms with Gasteiger partial charge in [0.1, 0.15) is 22.8 Å². The summed E-state index contributed by atoms with van der Waals surface area (Å²) in [5, 5.41) is 16.6. The largest absolute Gasteiger partial charge is 0.494 e. The van der Waals surface area contributed by atoms with Crippen molar-refractivity contribution in [2.24, 2.45) is 0 Å². The molecular weight excluding hydrogens is 365 g/mol. The number of nitrogens with one attached hydrogen (secondary N) is 2. The van der Waals surface area contributed by atoms with Crippen molar-refractivity contribution in [3.63, 3.8) is 0 Å². The Morgan fingerprint density at radius 3 is 2.59 bits per heavy atom. The molecule has 1 aromatic carbocycles. The lowest BCUT2D eigenvalue weighted by Crippen LogP contribution is -2.12. The SMILES string of the molecule is CNc1nc(Nc2ccc(OC)c(-n3nnnc3C)c2)ncc1C(F)(F)F. The van der Waals surface area contributed by atoms with Crippen molar-refractivity contribution in [1.29, 1.82) is 0 Å². The number of anilines is 3. The van der Waals surface area contributed by atoms with Crippen LogP contribution in [0, 0.1) is 6.92 Å². The molecule has 0 fully saturated rings. The van der Waals surface area contributed by atoms with E-state index in [0.29, 0.717) is 22.9 Å². The number of halogens is 3. The standard InChI is InChI=1S/C15H15F3N8O/c1-8-23-24-25-26(8)11-6-9(4-5-12(11)27-3)21-14-20-7-10(15(16,17)18)13(19-2)22-14/h4-7H,1-3H3,(H2,19,20,21,22). The fourth-order valence-electron chi connectivity index (χ4n) is 2.36. The first-order valence-corrected chi connectivity index (χ1v) is 7.66. The molecule has 142 valence electrons. The first kappa shape index (κ1) is 18.4. The van der Waals surface area contributed by atoms with Crippen molar-refractivity contribution < 1.29 is 17.9 Å². The van der Waals surface area contributed by atoms with Gasteiger partial charge in [-0.1, -0.05) is 0 Å². The molecule has 0 amide bonds. The van der Waals surface area contributed by atoms with E-state index in [1.165, 1.54) is 18.8 Å². The lowest BCUT2D eigenvalue weighted by atomic mass is 10.2. The number of ether oxygens (including phenoxy) is 1. The lowest BCUT2D eigenvalue weighted by Gasteiger charge is -2.14. The van der Waals surface area contributed by atoms with Crippen molar-refractivity contribution in [3.05, 3.63) is 35.8 Å². The average Bonchev–Trinajstić information content (AvgIpc) is 3.06. The van der Waals surface area contributed by atoms with Crippen molar-refractivity contribution in [1.82, 2.24) is 30.2 Å². The third-order valence-electron chi connectivity index (χ3n) is 3.62. The smallest absolute Gasteiger partial charge is 0.421 e. The molecule has 2 heterocycles. The van der Waals surface area contributed by atoms with E-state index < -0.39 is 11.7 Å². The minimum absolute atomic E-state index is 0.00287. The predicted molar refractivity (Wildman–Crippen MR) is 90.3 cm³/mol. The molecule has 3 rings (SSSR count). The van der Waals surface area contributed by atoms with Gasteiger partial charge in [0.2, 0.25) is 5.95 Å². The van der Waals surface area contributed by atoms with E-state index in [2.05, 4.69) is 36.1 Å². The van der Waals surface area contributed by atoms with Gasteiger partial charge in [0.05, 0.1) is 7.11 Å². The van der Waals surface area contributed by atoms with Gasteiger partial charge in [-0.25, -0.2) is 4.98 Å².